The van der Waals surface area contributed by atoms with Crippen molar-refractivity contribution < 1.29 is 0 Å². The third-order valence-corrected chi connectivity index (χ3v) is 1.51. The van der Waals surface area contributed by atoms with Crippen LogP contribution in [-0.2, 0) is 0 Å². The Morgan fingerprint density at radius 2 is 2.50 bits per heavy atom. The van der Waals surface area contributed by atoms with Crippen molar-refractivity contribution in [2.45, 2.75) is 6.42 Å². The van der Waals surface area contributed by atoms with Crippen LogP contribution in [0.5, 0.6) is 0 Å². The van der Waals surface area contributed by atoms with Gasteiger partial charge in [-0.1, -0.05) is 6.58 Å². The summed E-state index contributed by atoms with van der Waals surface area (Å²) in [7, 11) is 0. The molecule has 0 fully saturated rings. The quantitative estimate of drug-likeness (QED) is 0.567. The lowest BCUT2D eigenvalue weighted by atomic mass is 10.5. The van der Waals surface area contributed by atoms with E-state index in [2.05, 4.69) is 18.2 Å². The topological polar surface area (TPSA) is 12.0 Å². The fourth-order valence-corrected chi connectivity index (χ4v) is 0.854. The molecule has 0 saturated heterocycles. The van der Waals surface area contributed by atoms with Gasteiger partial charge in [0.2, 0.25) is 0 Å². The van der Waals surface area contributed by atoms with Crippen molar-refractivity contribution in [3.63, 3.8) is 0 Å². The Kier molecular flexibility index (Phi) is 6.80. The molecule has 0 aliphatic carbocycles. The molecule has 0 radical (unpaired) electrons. The SMILES string of the molecule is C=CNCCCSC. The van der Waals surface area contributed by atoms with Gasteiger partial charge in [-0.05, 0) is 24.6 Å². The van der Waals surface area contributed by atoms with Crippen LogP contribution in [0.3, 0.4) is 0 Å². The maximum absolute atomic E-state index is 3.54. The molecule has 0 aromatic heterocycles. The van der Waals surface area contributed by atoms with Crippen LogP contribution in [-0.4, -0.2) is 18.6 Å². The van der Waals surface area contributed by atoms with Crippen LogP contribution in [0.2, 0.25) is 0 Å². The highest BCUT2D eigenvalue weighted by Gasteiger charge is 1.79. The summed E-state index contributed by atoms with van der Waals surface area (Å²) < 4.78 is 0. The maximum atomic E-state index is 3.54. The van der Waals surface area contributed by atoms with E-state index in [1.54, 1.807) is 6.20 Å². The first kappa shape index (κ1) is 7.89. The van der Waals surface area contributed by atoms with Gasteiger partial charge >= 0.3 is 0 Å². The smallest absolute Gasteiger partial charge is 0.0149 e. The molecule has 2 heteroatoms. The minimum atomic E-state index is 1.06. The zero-order valence-electron chi connectivity index (χ0n) is 5.31. The van der Waals surface area contributed by atoms with E-state index in [1.165, 1.54) is 12.2 Å². The van der Waals surface area contributed by atoms with E-state index >= 15 is 0 Å². The summed E-state index contributed by atoms with van der Waals surface area (Å²) in [6, 6.07) is 0. The van der Waals surface area contributed by atoms with Crippen molar-refractivity contribution >= 4 is 11.8 Å². The van der Waals surface area contributed by atoms with E-state index in [4.69, 9.17) is 0 Å². The largest absolute Gasteiger partial charge is 0.391 e. The fourth-order valence-electron chi connectivity index (χ4n) is 0.421. The highest BCUT2D eigenvalue weighted by molar-refractivity contribution is 7.98. The van der Waals surface area contributed by atoms with E-state index in [1.807, 2.05) is 11.8 Å². The molecule has 0 aromatic carbocycles. The average Bonchev–Trinajstić information content (AvgIpc) is 1.81. The van der Waals surface area contributed by atoms with Crippen LogP contribution >= 0.6 is 11.8 Å². The normalized spacial score (nSPS) is 8.62. The van der Waals surface area contributed by atoms with Gasteiger partial charge in [0, 0.05) is 6.54 Å². The molecule has 1 nitrogen and oxygen atoms in total. The predicted octanol–water partition coefficient (Wildman–Crippen LogP) is 1.47. The Labute approximate surface area is 55.5 Å². The summed E-state index contributed by atoms with van der Waals surface area (Å²) in [6.45, 7) is 4.60. The van der Waals surface area contributed by atoms with Gasteiger partial charge in [-0.2, -0.15) is 11.8 Å². The van der Waals surface area contributed by atoms with Gasteiger partial charge in [-0.25, -0.2) is 0 Å². The Morgan fingerprint density at radius 3 is 3.00 bits per heavy atom. The first-order chi connectivity index (χ1) is 3.91. The number of thioether (sulfide) groups is 1. The standard InChI is InChI=1S/C6H13NS/c1-3-7-5-4-6-8-2/h3,7H,1,4-6H2,2H3. The Morgan fingerprint density at radius 1 is 1.75 bits per heavy atom. The molecule has 0 aliphatic rings. The molecule has 8 heavy (non-hydrogen) atoms. The lowest BCUT2D eigenvalue weighted by molar-refractivity contribution is 0.818. The van der Waals surface area contributed by atoms with Gasteiger partial charge in [0.15, 0.2) is 0 Å². The summed E-state index contributed by atoms with van der Waals surface area (Å²) in [5.41, 5.74) is 0. The minimum absolute atomic E-state index is 1.06. The minimum Gasteiger partial charge on any atom is -0.391 e. The van der Waals surface area contributed by atoms with Gasteiger partial charge in [0.1, 0.15) is 0 Å². The summed E-state index contributed by atoms with van der Waals surface area (Å²) >= 11 is 1.88. The van der Waals surface area contributed by atoms with Crippen LogP contribution in [0.15, 0.2) is 12.8 Å². The van der Waals surface area contributed by atoms with Gasteiger partial charge in [0.05, 0.1) is 0 Å². The van der Waals surface area contributed by atoms with Crippen molar-refractivity contribution in [1.82, 2.24) is 5.32 Å². The molecular weight excluding hydrogens is 118 g/mol. The molecule has 1 N–H and O–H groups in total. The van der Waals surface area contributed by atoms with Crippen molar-refractivity contribution in [2.75, 3.05) is 18.6 Å². The highest BCUT2D eigenvalue weighted by Crippen LogP contribution is 1.92. The molecule has 0 heterocycles. The number of hydrogen-bond donors (Lipinski definition) is 1. The molecule has 0 atom stereocenters. The Balaban J connectivity index is 2.62. The number of nitrogens with one attached hydrogen (secondary N) is 1. The lowest BCUT2D eigenvalue weighted by Crippen LogP contribution is -2.06. The van der Waals surface area contributed by atoms with E-state index in [0.717, 1.165) is 6.54 Å². The maximum Gasteiger partial charge on any atom is 0.0149 e. The second-order valence-electron chi connectivity index (χ2n) is 1.50. The molecule has 0 bridgehead atoms. The molecule has 0 amide bonds. The van der Waals surface area contributed by atoms with E-state index in [-0.39, 0.29) is 0 Å². The molecular formula is C6H13NS. The molecule has 48 valence electrons. The third kappa shape index (κ3) is 5.89. The first-order valence-corrected chi connectivity index (χ1v) is 4.14. The lowest BCUT2D eigenvalue weighted by Gasteiger charge is -1.95. The van der Waals surface area contributed by atoms with Crippen molar-refractivity contribution in [2.24, 2.45) is 0 Å². The Hall–Kier alpha value is -0.110. The number of rotatable bonds is 5. The molecule has 0 rings (SSSR count). The molecule has 0 unspecified atom stereocenters. The van der Waals surface area contributed by atoms with Gasteiger partial charge < -0.3 is 5.32 Å². The van der Waals surface area contributed by atoms with Crippen LogP contribution < -0.4 is 5.32 Å². The van der Waals surface area contributed by atoms with Crippen LogP contribution in [0.1, 0.15) is 6.42 Å². The second-order valence-corrected chi connectivity index (χ2v) is 2.49. The van der Waals surface area contributed by atoms with Gasteiger partial charge in [-0.15, -0.1) is 0 Å². The predicted molar refractivity (Wildman–Crippen MR) is 41.2 cm³/mol. The van der Waals surface area contributed by atoms with Crippen molar-refractivity contribution in [3.05, 3.63) is 12.8 Å². The van der Waals surface area contributed by atoms with Gasteiger partial charge in [0.25, 0.3) is 0 Å². The Bertz CT molecular complexity index is 54.5. The molecule has 0 aromatic rings. The molecule has 0 spiro atoms. The van der Waals surface area contributed by atoms with E-state index < -0.39 is 0 Å². The van der Waals surface area contributed by atoms with Gasteiger partial charge in [-0.3, -0.25) is 0 Å². The fraction of sp³-hybridized carbons (Fsp3) is 0.667. The summed E-state index contributed by atoms with van der Waals surface area (Å²) in [5, 5.41) is 3.03. The summed E-state index contributed by atoms with van der Waals surface area (Å²) in [4.78, 5) is 0. The van der Waals surface area contributed by atoms with Crippen LogP contribution in [0, 0.1) is 0 Å². The second kappa shape index (κ2) is 6.89. The van der Waals surface area contributed by atoms with Crippen LogP contribution in [0.4, 0.5) is 0 Å². The van der Waals surface area contributed by atoms with Crippen molar-refractivity contribution in [3.8, 4) is 0 Å². The molecule has 0 saturated carbocycles. The monoisotopic (exact) mass is 131 g/mol. The average molecular weight is 131 g/mol. The third-order valence-electron chi connectivity index (χ3n) is 0.814. The van der Waals surface area contributed by atoms with E-state index in [0.29, 0.717) is 0 Å². The highest BCUT2D eigenvalue weighted by atomic mass is 32.2. The summed E-state index contributed by atoms with van der Waals surface area (Å²) in [5.74, 6) is 1.24. The zero-order chi connectivity index (χ0) is 6.24. The number of hydrogen-bond acceptors (Lipinski definition) is 2. The first-order valence-electron chi connectivity index (χ1n) is 2.75. The summed E-state index contributed by atoms with van der Waals surface area (Å²) in [6.07, 6.45) is 5.08. The zero-order valence-corrected chi connectivity index (χ0v) is 6.13. The van der Waals surface area contributed by atoms with Crippen LogP contribution in [0.25, 0.3) is 0 Å². The van der Waals surface area contributed by atoms with E-state index in [9.17, 15) is 0 Å². The molecule has 0 aliphatic heterocycles. The van der Waals surface area contributed by atoms with Crippen molar-refractivity contribution in [1.29, 1.82) is 0 Å².